The molecule has 1 saturated carbocycles. The minimum Gasteiger partial charge on any atom is -0.494 e. The molecular weight excluding hydrogens is 510 g/mol. The van der Waals surface area contributed by atoms with Crippen molar-refractivity contribution in [3.05, 3.63) is 52.8 Å². The first-order chi connectivity index (χ1) is 17.2. The molecule has 36 heavy (non-hydrogen) atoms. The van der Waals surface area contributed by atoms with Gasteiger partial charge in [0.1, 0.15) is 16.6 Å². The number of fused-ring (bicyclic) bond motifs is 1. The lowest BCUT2D eigenvalue weighted by atomic mass is 9.82. The molecule has 4 aromatic heterocycles. The summed E-state index contributed by atoms with van der Waals surface area (Å²) in [5.41, 5.74) is 2.83. The van der Waals surface area contributed by atoms with Crippen LogP contribution in [0, 0.1) is 24.7 Å². The summed E-state index contributed by atoms with van der Waals surface area (Å²) < 4.78 is 31.4. The lowest BCUT2D eigenvalue weighted by Gasteiger charge is -2.31. The van der Waals surface area contributed by atoms with Gasteiger partial charge in [-0.2, -0.15) is 4.98 Å². The van der Waals surface area contributed by atoms with Crippen LogP contribution in [-0.2, 0) is 0 Å². The number of thiazole rings is 1. The summed E-state index contributed by atoms with van der Waals surface area (Å²) in [6.07, 6.45) is 3.91. The summed E-state index contributed by atoms with van der Waals surface area (Å²) in [7, 11) is 1.50. The Morgan fingerprint density at radius 2 is 1.97 bits per heavy atom. The number of hydrogen-bond donors (Lipinski definition) is 1. The number of anilines is 1. The van der Waals surface area contributed by atoms with Crippen LogP contribution in [0.2, 0.25) is 5.15 Å². The number of rotatable bonds is 4. The van der Waals surface area contributed by atoms with Crippen LogP contribution >= 0.6 is 22.9 Å². The van der Waals surface area contributed by atoms with Gasteiger partial charge in [-0.3, -0.25) is 15.1 Å². The van der Waals surface area contributed by atoms with Crippen LogP contribution in [-0.4, -0.2) is 43.9 Å². The van der Waals surface area contributed by atoms with Crippen molar-refractivity contribution in [3.8, 4) is 28.7 Å². The highest BCUT2D eigenvalue weighted by Crippen LogP contribution is 2.42. The maximum atomic E-state index is 13.2. The first-order valence-electron chi connectivity index (χ1n) is 10.7. The number of pyridine rings is 2. The predicted molar refractivity (Wildman–Crippen MR) is 131 cm³/mol. The number of amides is 1. The number of ether oxygens (including phenoxy) is 1. The molecule has 8 nitrogen and oxygen atoms in total. The Balaban J connectivity index is 1.40. The summed E-state index contributed by atoms with van der Waals surface area (Å²) >= 11 is 7.22. The summed E-state index contributed by atoms with van der Waals surface area (Å²) in [5.74, 6) is 2.64. The van der Waals surface area contributed by atoms with Crippen LogP contribution in [0.4, 0.5) is 13.9 Å². The summed E-state index contributed by atoms with van der Waals surface area (Å²) in [6.45, 7) is 1.81. The van der Waals surface area contributed by atoms with Gasteiger partial charge in [0.2, 0.25) is 0 Å². The molecule has 5 rings (SSSR count). The van der Waals surface area contributed by atoms with Crippen molar-refractivity contribution in [2.75, 3.05) is 12.4 Å². The molecule has 182 valence electrons. The van der Waals surface area contributed by atoms with Crippen LogP contribution in [0.3, 0.4) is 0 Å². The second kappa shape index (κ2) is 9.37. The minimum atomic E-state index is -2.62. The van der Waals surface area contributed by atoms with Crippen molar-refractivity contribution in [1.82, 2.24) is 24.9 Å². The SMILES string of the molecule is COc1cnc(Cl)cc1-c1cc(C)ncc1C(=O)Nc1nc2ncc(C#CC3CC(F)(F)C3)nc2s1. The molecule has 0 radical (unpaired) electrons. The maximum absolute atomic E-state index is 13.2. The molecular formula is C24H17ClF2N6O2S. The van der Waals surface area contributed by atoms with Crippen molar-refractivity contribution in [1.29, 1.82) is 0 Å². The number of methoxy groups -OCH3 is 1. The zero-order valence-corrected chi connectivity index (χ0v) is 20.5. The number of carbonyl (C=O) groups is 1. The zero-order chi connectivity index (χ0) is 25.4. The number of carbonyl (C=O) groups excluding carboxylic acids is 1. The van der Waals surface area contributed by atoms with E-state index in [4.69, 9.17) is 16.3 Å². The van der Waals surface area contributed by atoms with Crippen LogP contribution in [0.1, 0.15) is 34.6 Å². The van der Waals surface area contributed by atoms with E-state index in [1.807, 2.05) is 6.92 Å². The molecule has 1 N–H and O–H groups in total. The molecule has 0 aliphatic heterocycles. The highest BCUT2D eigenvalue weighted by molar-refractivity contribution is 7.21. The fourth-order valence-electron chi connectivity index (χ4n) is 3.69. The van der Waals surface area contributed by atoms with Gasteiger partial charge in [0, 0.05) is 41.8 Å². The summed E-state index contributed by atoms with van der Waals surface area (Å²) in [6, 6.07) is 3.37. The third kappa shape index (κ3) is 4.96. The van der Waals surface area contributed by atoms with E-state index in [-0.39, 0.29) is 34.6 Å². The number of hydrogen-bond acceptors (Lipinski definition) is 8. The van der Waals surface area contributed by atoms with Crippen LogP contribution in [0.5, 0.6) is 5.75 Å². The van der Waals surface area contributed by atoms with E-state index in [9.17, 15) is 13.6 Å². The van der Waals surface area contributed by atoms with Crippen LogP contribution in [0.25, 0.3) is 21.6 Å². The maximum Gasteiger partial charge on any atom is 0.259 e. The quantitative estimate of drug-likeness (QED) is 0.289. The number of alkyl halides is 2. The molecule has 0 spiro atoms. The van der Waals surface area contributed by atoms with E-state index in [0.29, 0.717) is 38.7 Å². The lowest BCUT2D eigenvalue weighted by molar-refractivity contribution is -0.0936. The number of halogens is 3. The highest BCUT2D eigenvalue weighted by Gasteiger charge is 2.44. The van der Waals surface area contributed by atoms with E-state index in [0.717, 1.165) is 11.3 Å². The van der Waals surface area contributed by atoms with Gasteiger partial charge in [0.05, 0.1) is 25.1 Å². The third-order valence-corrected chi connectivity index (χ3v) is 6.53. The Bertz CT molecular complexity index is 1560. The van der Waals surface area contributed by atoms with Crippen LogP contribution in [0.15, 0.2) is 30.7 Å². The molecule has 1 aliphatic rings. The largest absolute Gasteiger partial charge is 0.494 e. The molecule has 0 bridgehead atoms. The first-order valence-corrected chi connectivity index (χ1v) is 11.9. The fraction of sp³-hybridized carbons (Fsp3) is 0.250. The lowest BCUT2D eigenvalue weighted by Crippen LogP contribution is -2.34. The Labute approximate surface area is 213 Å². The number of nitrogens with zero attached hydrogens (tertiary/aromatic N) is 5. The summed E-state index contributed by atoms with van der Waals surface area (Å²) in [4.78, 5) is 34.9. The van der Waals surface area contributed by atoms with E-state index >= 15 is 0 Å². The topological polar surface area (TPSA) is 103 Å². The normalized spacial score (nSPS) is 14.6. The van der Waals surface area contributed by atoms with E-state index in [2.05, 4.69) is 42.1 Å². The molecule has 0 aromatic carbocycles. The van der Waals surface area contributed by atoms with E-state index in [1.54, 1.807) is 12.1 Å². The van der Waals surface area contributed by atoms with Crippen molar-refractivity contribution < 1.29 is 18.3 Å². The molecule has 4 heterocycles. The van der Waals surface area contributed by atoms with Crippen molar-refractivity contribution in [2.24, 2.45) is 5.92 Å². The Kier molecular flexibility index (Phi) is 6.24. The molecule has 0 saturated heterocycles. The molecule has 1 aliphatic carbocycles. The third-order valence-electron chi connectivity index (χ3n) is 5.47. The van der Waals surface area contributed by atoms with Gasteiger partial charge < -0.3 is 4.74 Å². The Morgan fingerprint density at radius 1 is 1.17 bits per heavy atom. The Morgan fingerprint density at radius 3 is 2.72 bits per heavy atom. The molecule has 0 atom stereocenters. The van der Waals surface area contributed by atoms with E-state index in [1.165, 1.54) is 25.7 Å². The highest BCUT2D eigenvalue weighted by atomic mass is 35.5. The molecule has 12 heteroatoms. The average Bonchev–Trinajstić information content (AvgIpc) is 3.22. The monoisotopic (exact) mass is 526 g/mol. The van der Waals surface area contributed by atoms with Gasteiger partial charge in [-0.1, -0.05) is 28.9 Å². The summed E-state index contributed by atoms with van der Waals surface area (Å²) in [5, 5.41) is 3.30. The minimum absolute atomic E-state index is 0.236. The van der Waals surface area contributed by atoms with Crippen molar-refractivity contribution in [2.45, 2.75) is 25.7 Å². The van der Waals surface area contributed by atoms with Crippen molar-refractivity contribution >= 4 is 44.5 Å². The first kappa shape index (κ1) is 24.0. The Hall–Kier alpha value is -3.75. The molecule has 1 fully saturated rings. The smallest absolute Gasteiger partial charge is 0.259 e. The molecule has 0 unspecified atom stereocenters. The van der Waals surface area contributed by atoms with Gasteiger partial charge in [-0.15, -0.1) is 0 Å². The number of aromatic nitrogens is 5. The number of aryl methyl sites for hydroxylation is 1. The second-order valence-corrected chi connectivity index (χ2v) is 9.53. The second-order valence-electron chi connectivity index (χ2n) is 8.17. The average molecular weight is 527 g/mol. The zero-order valence-electron chi connectivity index (χ0n) is 19.0. The van der Waals surface area contributed by atoms with Gasteiger partial charge in [0.25, 0.3) is 11.8 Å². The van der Waals surface area contributed by atoms with E-state index < -0.39 is 11.8 Å². The number of nitrogens with one attached hydrogen (secondary N) is 1. The predicted octanol–water partition coefficient (Wildman–Crippen LogP) is 5.16. The van der Waals surface area contributed by atoms with Crippen LogP contribution < -0.4 is 10.1 Å². The van der Waals surface area contributed by atoms with Gasteiger partial charge in [0.15, 0.2) is 15.6 Å². The van der Waals surface area contributed by atoms with Gasteiger partial charge >= 0.3 is 0 Å². The molecule has 1 amide bonds. The van der Waals surface area contributed by atoms with Crippen molar-refractivity contribution in [3.63, 3.8) is 0 Å². The standard InChI is InChI=1S/C24H17ClF2N6O2S/c1-12-5-15(16-6-19(25)29-11-18(16)35-2)17(10-28-12)21(34)33-23-32-20-22(36-23)31-14(9-30-20)4-3-13-7-24(26,27)8-13/h5-6,9-11,13H,7-8H2,1-2H3,(H,30,32,33,34). The van der Waals surface area contributed by atoms with Gasteiger partial charge in [-0.25, -0.2) is 23.7 Å². The fourth-order valence-corrected chi connectivity index (χ4v) is 4.64. The molecule has 4 aromatic rings. The van der Waals surface area contributed by atoms with Gasteiger partial charge in [-0.05, 0) is 25.0 Å².